The molecule has 0 aliphatic carbocycles. The van der Waals surface area contributed by atoms with Crippen molar-refractivity contribution in [3.05, 3.63) is 72.2 Å². The number of hydrogen-bond acceptors (Lipinski definition) is 5. The molecule has 7 nitrogen and oxygen atoms in total. The van der Waals surface area contributed by atoms with E-state index in [2.05, 4.69) is 50.3 Å². The molecule has 0 bridgehead atoms. The van der Waals surface area contributed by atoms with Crippen molar-refractivity contribution in [3.8, 4) is 17.0 Å². The van der Waals surface area contributed by atoms with Gasteiger partial charge in [0, 0.05) is 51.0 Å². The molecule has 0 spiro atoms. The number of carbonyl (C=O) groups is 1. The van der Waals surface area contributed by atoms with Crippen molar-refractivity contribution in [1.82, 2.24) is 19.4 Å². The first kappa shape index (κ1) is 22.3. The van der Waals surface area contributed by atoms with Crippen molar-refractivity contribution >= 4 is 22.6 Å². The van der Waals surface area contributed by atoms with E-state index < -0.39 is 0 Å². The summed E-state index contributed by atoms with van der Waals surface area (Å²) in [4.78, 5) is 22.4. The molecule has 0 aliphatic heterocycles. The number of amides is 1. The van der Waals surface area contributed by atoms with Gasteiger partial charge in [-0.25, -0.2) is 9.97 Å². The highest BCUT2D eigenvalue weighted by atomic mass is 16.5. The summed E-state index contributed by atoms with van der Waals surface area (Å²) in [6.45, 7) is 2.66. The second kappa shape index (κ2) is 9.73. The van der Waals surface area contributed by atoms with Crippen LogP contribution in [0.5, 0.6) is 5.75 Å². The molecule has 0 saturated carbocycles. The highest BCUT2D eigenvalue weighted by molar-refractivity contribution is 5.85. The lowest BCUT2D eigenvalue weighted by molar-refractivity contribution is -0.130. The zero-order chi connectivity index (χ0) is 23.4. The average Bonchev–Trinajstić information content (AvgIpc) is 3.17. The van der Waals surface area contributed by atoms with Crippen LogP contribution < -0.4 is 10.1 Å². The first-order chi connectivity index (χ1) is 15.9. The molecule has 7 heteroatoms. The van der Waals surface area contributed by atoms with E-state index in [0.29, 0.717) is 12.3 Å². The fraction of sp³-hybridized carbons (Fsp3) is 0.269. The molecule has 0 radical (unpaired) electrons. The monoisotopic (exact) mass is 443 g/mol. The maximum Gasteiger partial charge on any atom is 0.259 e. The van der Waals surface area contributed by atoms with Crippen molar-refractivity contribution in [2.75, 3.05) is 32.6 Å². The van der Waals surface area contributed by atoms with E-state index in [1.54, 1.807) is 14.1 Å². The van der Waals surface area contributed by atoms with E-state index >= 15 is 0 Å². The molecular weight excluding hydrogens is 414 g/mol. The predicted molar refractivity (Wildman–Crippen MR) is 132 cm³/mol. The number of carbonyl (C=O) groups excluding carboxylic acids is 1. The standard InChI is InChI=1S/C26H29N5O2/c1-18-28-23(21-9-8-20-11-13-31(4)24(20)15-21)16-25(29-18)27-12-10-19-6-5-7-22(14-19)33-17-26(32)30(2)3/h5-9,11,13-16H,10,12,17H2,1-4H3,(H,27,28,29). The van der Waals surface area contributed by atoms with Crippen LogP contribution in [0.3, 0.4) is 0 Å². The van der Waals surface area contributed by atoms with Crippen LogP contribution in [0, 0.1) is 6.92 Å². The normalized spacial score (nSPS) is 10.9. The molecule has 0 atom stereocenters. The minimum absolute atomic E-state index is 0.0340. The van der Waals surface area contributed by atoms with E-state index in [9.17, 15) is 4.79 Å². The average molecular weight is 444 g/mol. The van der Waals surface area contributed by atoms with Gasteiger partial charge in [0.1, 0.15) is 17.4 Å². The number of rotatable bonds is 8. The molecule has 170 valence electrons. The molecule has 0 saturated heterocycles. The minimum atomic E-state index is -0.0664. The molecule has 0 unspecified atom stereocenters. The summed E-state index contributed by atoms with van der Waals surface area (Å²) in [7, 11) is 5.48. The molecular formula is C26H29N5O2. The Hall–Kier alpha value is -3.87. The van der Waals surface area contributed by atoms with Crippen LogP contribution in [0.2, 0.25) is 0 Å². The number of hydrogen-bond donors (Lipinski definition) is 1. The van der Waals surface area contributed by atoms with E-state index in [1.165, 1.54) is 15.8 Å². The van der Waals surface area contributed by atoms with Crippen LogP contribution in [0.1, 0.15) is 11.4 Å². The number of nitrogens with one attached hydrogen (secondary N) is 1. The summed E-state index contributed by atoms with van der Waals surface area (Å²) >= 11 is 0. The Balaban J connectivity index is 1.41. The Morgan fingerprint density at radius 3 is 2.76 bits per heavy atom. The number of benzene rings is 2. The lowest BCUT2D eigenvalue weighted by Gasteiger charge is -2.12. The quantitative estimate of drug-likeness (QED) is 0.445. The molecule has 2 aromatic heterocycles. The molecule has 0 aliphatic rings. The van der Waals surface area contributed by atoms with Gasteiger partial charge < -0.3 is 19.5 Å². The van der Waals surface area contributed by atoms with Crippen LogP contribution in [-0.4, -0.2) is 52.6 Å². The van der Waals surface area contributed by atoms with Crippen molar-refractivity contribution in [1.29, 1.82) is 0 Å². The summed E-state index contributed by atoms with van der Waals surface area (Å²) in [6, 6.07) is 18.3. The summed E-state index contributed by atoms with van der Waals surface area (Å²) in [5.41, 5.74) is 4.26. The van der Waals surface area contributed by atoms with Crippen LogP contribution >= 0.6 is 0 Å². The van der Waals surface area contributed by atoms with Gasteiger partial charge in [0.05, 0.1) is 5.69 Å². The summed E-state index contributed by atoms with van der Waals surface area (Å²) in [5.74, 6) is 2.15. The van der Waals surface area contributed by atoms with Gasteiger partial charge in [-0.1, -0.05) is 24.3 Å². The molecule has 33 heavy (non-hydrogen) atoms. The Morgan fingerprint density at radius 1 is 1.09 bits per heavy atom. The topological polar surface area (TPSA) is 72.3 Å². The van der Waals surface area contributed by atoms with E-state index in [1.807, 2.05) is 44.3 Å². The van der Waals surface area contributed by atoms with Crippen LogP contribution in [-0.2, 0) is 18.3 Å². The van der Waals surface area contributed by atoms with Crippen molar-refractivity contribution < 1.29 is 9.53 Å². The Morgan fingerprint density at radius 2 is 1.94 bits per heavy atom. The maximum absolute atomic E-state index is 11.7. The Labute approximate surface area is 194 Å². The third kappa shape index (κ3) is 5.49. The first-order valence-electron chi connectivity index (χ1n) is 11.0. The minimum Gasteiger partial charge on any atom is -0.484 e. The zero-order valence-electron chi connectivity index (χ0n) is 19.5. The first-order valence-corrected chi connectivity index (χ1v) is 11.0. The lowest BCUT2D eigenvalue weighted by atomic mass is 10.1. The molecule has 0 fully saturated rings. The second-order valence-corrected chi connectivity index (χ2v) is 8.29. The van der Waals surface area contributed by atoms with Gasteiger partial charge in [-0.15, -0.1) is 0 Å². The molecule has 1 amide bonds. The van der Waals surface area contributed by atoms with Gasteiger partial charge >= 0.3 is 0 Å². The van der Waals surface area contributed by atoms with Gasteiger partial charge in [-0.3, -0.25) is 4.79 Å². The molecule has 2 heterocycles. The van der Waals surface area contributed by atoms with Crippen LogP contribution in [0.25, 0.3) is 22.2 Å². The highest BCUT2D eigenvalue weighted by Gasteiger charge is 2.08. The number of aryl methyl sites for hydroxylation is 2. The summed E-state index contributed by atoms with van der Waals surface area (Å²) in [6.07, 6.45) is 2.86. The van der Waals surface area contributed by atoms with E-state index in [-0.39, 0.29) is 12.5 Å². The number of fused-ring (bicyclic) bond motifs is 1. The van der Waals surface area contributed by atoms with E-state index in [0.717, 1.165) is 34.9 Å². The fourth-order valence-corrected chi connectivity index (χ4v) is 3.63. The molecule has 4 aromatic rings. The molecule has 2 aromatic carbocycles. The Kier molecular flexibility index (Phi) is 6.58. The van der Waals surface area contributed by atoms with Gasteiger partial charge in [-0.2, -0.15) is 0 Å². The predicted octanol–water partition coefficient (Wildman–Crippen LogP) is 4.07. The summed E-state index contributed by atoms with van der Waals surface area (Å²) < 4.78 is 7.73. The van der Waals surface area contributed by atoms with Gasteiger partial charge in [0.25, 0.3) is 5.91 Å². The molecule has 1 N–H and O–H groups in total. The highest BCUT2D eigenvalue weighted by Crippen LogP contribution is 2.25. The number of ether oxygens (including phenoxy) is 1. The maximum atomic E-state index is 11.7. The van der Waals surface area contributed by atoms with Crippen molar-refractivity contribution in [2.45, 2.75) is 13.3 Å². The SMILES string of the molecule is Cc1nc(NCCc2cccc(OCC(=O)N(C)C)c2)cc(-c2ccc3ccn(C)c3c2)n1. The number of aromatic nitrogens is 3. The number of nitrogens with zero attached hydrogens (tertiary/aromatic N) is 4. The van der Waals surface area contributed by atoms with Crippen LogP contribution in [0.15, 0.2) is 60.8 Å². The fourth-order valence-electron chi connectivity index (χ4n) is 3.63. The van der Waals surface area contributed by atoms with Crippen LogP contribution in [0.4, 0.5) is 5.82 Å². The number of anilines is 1. The summed E-state index contributed by atoms with van der Waals surface area (Å²) in [5, 5.41) is 4.63. The van der Waals surface area contributed by atoms with Gasteiger partial charge in [0.15, 0.2) is 6.61 Å². The second-order valence-electron chi connectivity index (χ2n) is 8.29. The van der Waals surface area contributed by atoms with Crippen molar-refractivity contribution in [3.63, 3.8) is 0 Å². The van der Waals surface area contributed by atoms with Gasteiger partial charge in [-0.05, 0) is 48.6 Å². The largest absolute Gasteiger partial charge is 0.484 e. The smallest absolute Gasteiger partial charge is 0.259 e. The van der Waals surface area contributed by atoms with E-state index in [4.69, 9.17) is 4.74 Å². The molecule has 4 rings (SSSR count). The van der Waals surface area contributed by atoms with Gasteiger partial charge in [0.2, 0.25) is 0 Å². The lowest BCUT2D eigenvalue weighted by Crippen LogP contribution is -2.27. The van der Waals surface area contributed by atoms with Crippen molar-refractivity contribution in [2.24, 2.45) is 7.05 Å². The Bertz CT molecular complexity index is 1280. The third-order valence-corrected chi connectivity index (χ3v) is 5.50. The zero-order valence-corrected chi connectivity index (χ0v) is 19.5. The number of likely N-dealkylation sites (N-methyl/N-ethyl adjacent to an activating group) is 1. The third-order valence-electron chi connectivity index (χ3n) is 5.50.